The molecule has 1 aliphatic rings. The highest BCUT2D eigenvalue weighted by atomic mass is 16.1. The van der Waals surface area contributed by atoms with Gasteiger partial charge in [-0.1, -0.05) is 0 Å². The van der Waals surface area contributed by atoms with Crippen LogP contribution in [0.4, 0.5) is 5.69 Å². The number of aryl methyl sites for hydroxylation is 2. The maximum absolute atomic E-state index is 12.9. The molecule has 3 heterocycles. The van der Waals surface area contributed by atoms with E-state index in [2.05, 4.69) is 33.0 Å². The van der Waals surface area contributed by atoms with Gasteiger partial charge >= 0.3 is 0 Å². The van der Waals surface area contributed by atoms with Crippen molar-refractivity contribution in [2.75, 3.05) is 38.1 Å². The van der Waals surface area contributed by atoms with Crippen molar-refractivity contribution in [2.45, 2.75) is 6.92 Å². The van der Waals surface area contributed by atoms with Gasteiger partial charge in [-0.15, -0.1) is 0 Å². The zero-order valence-electron chi connectivity index (χ0n) is 16.9. The Hall–Kier alpha value is -3.19. The third-order valence-electron chi connectivity index (χ3n) is 5.74. The lowest BCUT2D eigenvalue weighted by Gasteiger charge is -2.34. The lowest BCUT2D eigenvalue weighted by atomic mass is 10.1. The number of rotatable bonds is 2. The molecule has 0 radical (unpaired) electrons. The standard InChI is InChI=1S/C22H24N6O/c1-14-10-15(11-16-13-27(3)25-20(14)16)21-23-19-5-4-17(12-18(19)22(29)24-21)28-8-6-26(2)7-9-28/h4-5,10-13H,6-9H2,1-3H3,(H,23,24,29). The van der Waals surface area contributed by atoms with E-state index in [4.69, 9.17) is 4.98 Å². The summed E-state index contributed by atoms with van der Waals surface area (Å²) in [6.45, 7) is 6.02. The Labute approximate surface area is 168 Å². The first kappa shape index (κ1) is 17.9. The Bertz CT molecular complexity index is 1280. The summed E-state index contributed by atoms with van der Waals surface area (Å²) in [4.78, 5) is 25.3. The Morgan fingerprint density at radius 1 is 1.03 bits per heavy atom. The summed E-state index contributed by atoms with van der Waals surface area (Å²) in [6, 6.07) is 10.0. The summed E-state index contributed by atoms with van der Waals surface area (Å²) >= 11 is 0. The fourth-order valence-corrected chi connectivity index (χ4v) is 4.09. The Morgan fingerprint density at radius 2 is 1.83 bits per heavy atom. The molecule has 2 aromatic carbocycles. The number of fused-ring (bicyclic) bond motifs is 2. The fourth-order valence-electron chi connectivity index (χ4n) is 4.09. The zero-order valence-corrected chi connectivity index (χ0v) is 16.9. The third kappa shape index (κ3) is 3.17. The van der Waals surface area contributed by atoms with Crippen molar-refractivity contribution in [3.05, 3.63) is 52.4 Å². The molecule has 0 aliphatic carbocycles. The van der Waals surface area contributed by atoms with Crippen LogP contribution < -0.4 is 10.5 Å². The topological polar surface area (TPSA) is 70.1 Å². The van der Waals surface area contributed by atoms with Crippen molar-refractivity contribution < 1.29 is 0 Å². The molecule has 0 spiro atoms. The van der Waals surface area contributed by atoms with Gasteiger partial charge in [0.1, 0.15) is 5.82 Å². The molecule has 4 aromatic rings. The van der Waals surface area contributed by atoms with Crippen molar-refractivity contribution >= 4 is 27.5 Å². The van der Waals surface area contributed by atoms with Gasteiger partial charge < -0.3 is 14.8 Å². The summed E-state index contributed by atoms with van der Waals surface area (Å²) in [5.74, 6) is 0.587. The summed E-state index contributed by atoms with van der Waals surface area (Å²) < 4.78 is 1.80. The van der Waals surface area contributed by atoms with Crippen LogP contribution in [-0.4, -0.2) is 57.9 Å². The highest BCUT2D eigenvalue weighted by Gasteiger charge is 2.16. The van der Waals surface area contributed by atoms with Gasteiger partial charge in [0.2, 0.25) is 0 Å². The number of nitrogens with zero attached hydrogens (tertiary/aromatic N) is 5. The lowest BCUT2D eigenvalue weighted by Crippen LogP contribution is -2.44. The van der Waals surface area contributed by atoms with Crippen LogP contribution in [-0.2, 0) is 7.05 Å². The molecule has 5 rings (SSSR count). The van der Waals surface area contributed by atoms with Gasteiger partial charge in [0.15, 0.2) is 0 Å². The van der Waals surface area contributed by atoms with Crippen LogP contribution >= 0.6 is 0 Å². The van der Waals surface area contributed by atoms with Crippen LogP contribution in [0.3, 0.4) is 0 Å². The first-order chi connectivity index (χ1) is 14.0. The lowest BCUT2D eigenvalue weighted by molar-refractivity contribution is 0.313. The minimum Gasteiger partial charge on any atom is -0.369 e. The number of nitrogens with one attached hydrogen (secondary N) is 1. The number of hydrogen-bond donors (Lipinski definition) is 1. The molecule has 1 aliphatic heterocycles. The van der Waals surface area contributed by atoms with E-state index < -0.39 is 0 Å². The van der Waals surface area contributed by atoms with E-state index in [0.29, 0.717) is 16.7 Å². The number of piperazine rings is 1. The second-order valence-electron chi connectivity index (χ2n) is 7.94. The number of anilines is 1. The minimum absolute atomic E-state index is 0.107. The summed E-state index contributed by atoms with van der Waals surface area (Å²) in [7, 11) is 4.05. The molecule has 7 heteroatoms. The third-order valence-corrected chi connectivity index (χ3v) is 5.74. The van der Waals surface area contributed by atoms with Crippen LogP contribution in [0.15, 0.2) is 41.3 Å². The number of likely N-dealkylation sites (N-methyl/N-ethyl adjacent to an activating group) is 1. The molecule has 0 amide bonds. The Kier molecular flexibility index (Phi) is 4.13. The highest BCUT2D eigenvalue weighted by molar-refractivity contribution is 5.87. The monoisotopic (exact) mass is 388 g/mol. The van der Waals surface area contributed by atoms with Crippen molar-refractivity contribution in [1.29, 1.82) is 0 Å². The van der Waals surface area contributed by atoms with Crippen LogP contribution in [0.2, 0.25) is 0 Å². The number of aromatic amines is 1. The first-order valence-corrected chi connectivity index (χ1v) is 9.90. The molecule has 0 atom stereocenters. The number of benzene rings is 2. The second kappa shape index (κ2) is 6.70. The molecule has 1 N–H and O–H groups in total. The van der Waals surface area contributed by atoms with Gasteiger partial charge in [0.05, 0.1) is 16.4 Å². The molecule has 0 bridgehead atoms. The maximum atomic E-state index is 12.9. The Balaban J connectivity index is 1.57. The summed E-state index contributed by atoms with van der Waals surface area (Å²) in [5, 5.41) is 6.16. The average molecular weight is 388 g/mol. The molecular weight excluding hydrogens is 364 g/mol. The van der Waals surface area contributed by atoms with Crippen molar-refractivity contribution in [3.8, 4) is 11.4 Å². The average Bonchev–Trinajstić information content (AvgIpc) is 3.09. The van der Waals surface area contributed by atoms with Crippen molar-refractivity contribution in [2.24, 2.45) is 7.05 Å². The van der Waals surface area contributed by atoms with Gasteiger partial charge in [-0.2, -0.15) is 5.10 Å². The minimum atomic E-state index is -0.107. The summed E-state index contributed by atoms with van der Waals surface area (Å²) in [6.07, 6.45) is 1.98. The van der Waals surface area contributed by atoms with Crippen LogP contribution in [0.25, 0.3) is 33.2 Å². The summed E-state index contributed by atoms with van der Waals surface area (Å²) in [5.41, 5.74) is 4.61. The molecule has 0 unspecified atom stereocenters. The molecule has 0 saturated carbocycles. The van der Waals surface area contributed by atoms with Gasteiger partial charge in [0.25, 0.3) is 5.56 Å². The number of H-pyrrole nitrogens is 1. The predicted molar refractivity (Wildman–Crippen MR) is 117 cm³/mol. The van der Waals surface area contributed by atoms with E-state index in [-0.39, 0.29) is 5.56 Å². The van der Waals surface area contributed by atoms with E-state index in [1.807, 2.05) is 44.4 Å². The van der Waals surface area contributed by atoms with E-state index in [0.717, 1.165) is 53.9 Å². The molecular formula is C22H24N6O. The molecule has 2 aromatic heterocycles. The SMILES string of the molecule is Cc1cc(-c2nc3ccc(N4CCN(C)CC4)cc3c(=O)[nH]2)cc2cn(C)nc12. The smallest absolute Gasteiger partial charge is 0.259 e. The number of hydrogen-bond acceptors (Lipinski definition) is 5. The molecule has 7 nitrogen and oxygen atoms in total. The Morgan fingerprint density at radius 3 is 2.62 bits per heavy atom. The second-order valence-corrected chi connectivity index (χ2v) is 7.94. The van der Waals surface area contributed by atoms with Gasteiger partial charge in [-0.25, -0.2) is 4.98 Å². The van der Waals surface area contributed by atoms with Gasteiger partial charge in [-0.05, 0) is 49.9 Å². The molecule has 148 valence electrons. The van der Waals surface area contributed by atoms with E-state index in [9.17, 15) is 4.79 Å². The van der Waals surface area contributed by atoms with Crippen LogP contribution in [0.1, 0.15) is 5.56 Å². The molecule has 1 saturated heterocycles. The number of aromatic nitrogens is 4. The predicted octanol–water partition coefficient (Wildman–Crippen LogP) is 2.54. The quantitative estimate of drug-likeness (QED) is 0.571. The normalized spacial score (nSPS) is 15.5. The van der Waals surface area contributed by atoms with Crippen molar-refractivity contribution in [1.82, 2.24) is 24.6 Å². The van der Waals surface area contributed by atoms with E-state index in [1.54, 1.807) is 4.68 Å². The van der Waals surface area contributed by atoms with E-state index >= 15 is 0 Å². The van der Waals surface area contributed by atoms with Gasteiger partial charge in [-0.3, -0.25) is 9.48 Å². The zero-order chi connectivity index (χ0) is 20.1. The largest absolute Gasteiger partial charge is 0.369 e. The maximum Gasteiger partial charge on any atom is 0.259 e. The highest BCUT2D eigenvalue weighted by Crippen LogP contribution is 2.26. The van der Waals surface area contributed by atoms with Crippen molar-refractivity contribution in [3.63, 3.8) is 0 Å². The van der Waals surface area contributed by atoms with Crippen LogP contribution in [0.5, 0.6) is 0 Å². The molecule has 29 heavy (non-hydrogen) atoms. The van der Waals surface area contributed by atoms with Crippen LogP contribution in [0, 0.1) is 6.92 Å². The molecule has 1 fully saturated rings. The van der Waals surface area contributed by atoms with E-state index in [1.165, 1.54) is 0 Å². The van der Waals surface area contributed by atoms with Gasteiger partial charge in [0, 0.05) is 56.1 Å². The first-order valence-electron chi connectivity index (χ1n) is 9.90. The fraction of sp³-hybridized carbons (Fsp3) is 0.318.